The van der Waals surface area contributed by atoms with Crippen LogP contribution in [0.2, 0.25) is 0 Å². The van der Waals surface area contributed by atoms with Crippen LogP contribution in [-0.2, 0) is 9.59 Å². The highest BCUT2D eigenvalue weighted by atomic mass is 16.4. The Morgan fingerprint density at radius 3 is 2.36 bits per heavy atom. The number of carboxylic acid groups (broad SMARTS) is 1. The molecule has 0 aliphatic rings. The lowest BCUT2D eigenvalue weighted by atomic mass is 10.3. The minimum Gasteiger partial charge on any atom is -0.480 e. The molecule has 0 aliphatic heterocycles. The molecule has 4 heteroatoms. The van der Waals surface area contributed by atoms with Gasteiger partial charge in [0.25, 0.3) is 0 Å². The maximum Gasteiger partial charge on any atom is 0.323 e. The number of hydrogen-bond donors (Lipinski definition) is 1. The Hall–Kier alpha value is -1.94. The van der Waals surface area contributed by atoms with Gasteiger partial charge in [0.1, 0.15) is 6.54 Å². The van der Waals surface area contributed by atoms with Gasteiger partial charge in [-0.3, -0.25) is 9.59 Å². The van der Waals surface area contributed by atoms with Gasteiger partial charge in [-0.2, -0.15) is 0 Å². The van der Waals surface area contributed by atoms with E-state index in [2.05, 4.69) is 11.8 Å². The lowest BCUT2D eigenvalue weighted by molar-refractivity contribution is -0.143. The predicted octanol–water partition coefficient (Wildman–Crippen LogP) is -0.0538. The van der Waals surface area contributed by atoms with Crippen LogP contribution in [0.25, 0.3) is 0 Å². The van der Waals surface area contributed by atoms with Gasteiger partial charge in [0.05, 0.1) is 6.54 Å². The first-order valence-electron chi connectivity index (χ1n) is 3.98. The Bertz CT molecular complexity index is 295. The summed E-state index contributed by atoms with van der Waals surface area (Å²) < 4.78 is 0. The van der Waals surface area contributed by atoms with Crippen molar-refractivity contribution in [2.75, 3.05) is 13.1 Å². The summed E-state index contributed by atoms with van der Waals surface area (Å²) in [6, 6.07) is 0. The smallest absolute Gasteiger partial charge is 0.323 e. The summed E-state index contributed by atoms with van der Waals surface area (Å²) in [4.78, 5) is 22.7. The molecule has 0 saturated heterocycles. The van der Waals surface area contributed by atoms with Crippen molar-refractivity contribution < 1.29 is 14.7 Å². The molecule has 0 heterocycles. The Kier molecular flexibility index (Phi) is 5.65. The number of terminal acetylenes is 2. The second-order valence-corrected chi connectivity index (χ2v) is 2.55. The topological polar surface area (TPSA) is 57.6 Å². The molecule has 0 aromatic heterocycles. The van der Waals surface area contributed by atoms with Gasteiger partial charge in [0.2, 0.25) is 5.91 Å². The molecule has 0 unspecified atom stereocenters. The second kappa shape index (κ2) is 6.56. The quantitative estimate of drug-likeness (QED) is 0.622. The van der Waals surface area contributed by atoms with Crippen molar-refractivity contribution in [2.24, 2.45) is 0 Å². The zero-order chi connectivity index (χ0) is 11.0. The van der Waals surface area contributed by atoms with Crippen LogP contribution in [0.3, 0.4) is 0 Å². The van der Waals surface area contributed by atoms with Gasteiger partial charge >= 0.3 is 5.97 Å². The van der Waals surface area contributed by atoms with Gasteiger partial charge in [-0.15, -0.1) is 18.8 Å². The summed E-state index contributed by atoms with van der Waals surface area (Å²) in [6.45, 7) is -0.386. The third kappa shape index (κ3) is 4.84. The normalized spacial score (nSPS) is 8.43. The molecular weight excluding hydrogens is 182 g/mol. The van der Waals surface area contributed by atoms with Crippen LogP contribution in [-0.4, -0.2) is 35.0 Å². The number of carbonyl (C=O) groups excluding carboxylic acids is 1. The van der Waals surface area contributed by atoms with Crippen LogP contribution in [0, 0.1) is 24.7 Å². The zero-order valence-corrected chi connectivity index (χ0v) is 7.69. The number of rotatable bonds is 5. The molecule has 0 fully saturated rings. The van der Waals surface area contributed by atoms with E-state index >= 15 is 0 Å². The maximum absolute atomic E-state index is 11.3. The lowest BCUT2D eigenvalue weighted by Gasteiger charge is -2.16. The van der Waals surface area contributed by atoms with E-state index in [4.69, 9.17) is 18.0 Å². The van der Waals surface area contributed by atoms with Crippen molar-refractivity contribution in [1.29, 1.82) is 0 Å². The van der Waals surface area contributed by atoms with Gasteiger partial charge < -0.3 is 10.0 Å². The highest BCUT2D eigenvalue weighted by Gasteiger charge is 2.14. The van der Waals surface area contributed by atoms with Gasteiger partial charge in [0.15, 0.2) is 0 Å². The minimum absolute atomic E-state index is 0.00426. The van der Waals surface area contributed by atoms with E-state index in [-0.39, 0.29) is 25.4 Å². The Balaban J connectivity index is 4.20. The summed E-state index contributed by atoms with van der Waals surface area (Å²) in [6.07, 6.45) is 10.4. The number of nitrogens with zero attached hydrogens (tertiary/aromatic N) is 1. The number of hydrogen-bond acceptors (Lipinski definition) is 2. The van der Waals surface area contributed by atoms with E-state index in [0.29, 0.717) is 6.42 Å². The Labute approximate surface area is 82.9 Å². The molecule has 0 spiro atoms. The summed E-state index contributed by atoms with van der Waals surface area (Å²) in [7, 11) is 0. The van der Waals surface area contributed by atoms with Crippen LogP contribution >= 0.6 is 0 Å². The Morgan fingerprint density at radius 1 is 1.29 bits per heavy atom. The summed E-state index contributed by atoms with van der Waals surface area (Å²) in [5.74, 6) is 3.10. The van der Waals surface area contributed by atoms with Crippen LogP contribution in [0.15, 0.2) is 0 Å². The third-order valence-electron chi connectivity index (χ3n) is 1.44. The molecule has 4 nitrogen and oxygen atoms in total. The van der Waals surface area contributed by atoms with Crippen LogP contribution in [0.1, 0.15) is 12.8 Å². The van der Waals surface area contributed by atoms with Crippen LogP contribution < -0.4 is 0 Å². The second-order valence-electron chi connectivity index (χ2n) is 2.55. The fourth-order valence-corrected chi connectivity index (χ4v) is 0.843. The Morgan fingerprint density at radius 2 is 1.93 bits per heavy atom. The molecule has 0 rings (SSSR count). The zero-order valence-electron chi connectivity index (χ0n) is 7.69. The molecule has 0 atom stereocenters. The minimum atomic E-state index is -1.09. The van der Waals surface area contributed by atoms with Gasteiger partial charge in [-0.25, -0.2) is 0 Å². The molecule has 0 aromatic rings. The van der Waals surface area contributed by atoms with Crippen LogP contribution in [0.5, 0.6) is 0 Å². The SMILES string of the molecule is C#CCCC(=O)N(CC#C)CC(=O)O. The van der Waals surface area contributed by atoms with E-state index in [0.717, 1.165) is 4.90 Å². The molecule has 0 aliphatic carbocycles. The van der Waals surface area contributed by atoms with Gasteiger partial charge in [-0.05, 0) is 0 Å². The maximum atomic E-state index is 11.3. The van der Waals surface area contributed by atoms with Crippen molar-refractivity contribution in [1.82, 2.24) is 4.90 Å². The molecule has 0 radical (unpaired) electrons. The lowest BCUT2D eigenvalue weighted by Crippen LogP contribution is -2.35. The summed E-state index contributed by atoms with van der Waals surface area (Å²) in [5, 5.41) is 8.48. The highest BCUT2D eigenvalue weighted by molar-refractivity contribution is 5.81. The molecule has 0 aromatic carbocycles. The summed E-state index contributed by atoms with van der Waals surface area (Å²) in [5.41, 5.74) is 0. The van der Waals surface area contributed by atoms with E-state index in [1.807, 2.05) is 0 Å². The standard InChI is InChI=1S/C10H11NO3/c1-3-5-6-9(12)11(7-4-2)8-10(13)14/h1-2H,5-8H2,(H,13,14). The number of amides is 1. The van der Waals surface area contributed by atoms with E-state index in [9.17, 15) is 9.59 Å². The van der Waals surface area contributed by atoms with Crippen molar-refractivity contribution >= 4 is 11.9 Å². The monoisotopic (exact) mass is 193 g/mol. The first kappa shape index (κ1) is 12.1. The largest absolute Gasteiger partial charge is 0.480 e. The fourth-order valence-electron chi connectivity index (χ4n) is 0.843. The molecular formula is C10H11NO3. The fraction of sp³-hybridized carbons (Fsp3) is 0.400. The third-order valence-corrected chi connectivity index (χ3v) is 1.44. The molecule has 1 amide bonds. The average molecular weight is 193 g/mol. The number of aliphatic carboxylic acids is 1. The predicted molar refractivity (Wildman–Crippen MR) is 51.1 cm³/mol. The molecule has 74 valence electrons. The first-order valence-corrected chi connectivity index (χ1v) is 3.98. The van der Waals surface area contributed by atoms with Crippen molar-refractivity contribution in [3.8, 4) is 24.7 Å². The molecule has 1 N–H and O–H groups in total. The summed E-state index contributed by atoms with van der Waals surface area (Å²) >= 11 is 0. The average Bonchev–Trinajstić information content (AvgIpc) is 2.13. The molecule has 0 bridgehead atoms. The van der Waals surface area contributed by atoms with Gasteiger partial charge in [0, 0.05) is 12.8 Å². The van der Waals surface area contributed by atoms with E-state index < -0.39 is 5.97 Å². The van der Waals surface area contributed by atoms with E-state index in [1.54, 1.807) is 0 Å². The van der Waals surface area contributed by atoms with Gasteiger partial charge in [-0.1, -0.05) is 5.92 Å². The number of carboxylic acids is 1. The van der Waals surface area contributed by atoms with Crippen molar-refractivity contribution in [3.63, 3.8) is 0 Å². The number of carbonyl (C=O) groups is 2. The first-order chi connectivity index (χ1) is 6.61. The van der Waals surface area contributed by atoms with Crippen molar-refractivity contribution in [2.45, 2.75) is 12.8 Å². The molecule has 14 heavy (non-hydrogen) atoms. The van der Waals surface area contributed by atoms with Crippen molar-refractivity contribution in [3.05, 3.63) is 0 Å². The van der Waals surface area contributed by atoms with E-state index in [1.165, 1.54) is 0 Å². The molecule has 0 saturated carbocycles. The highest BCUT2D eigenvalue weighted by Crippen LogP contribution is 1.96. The van der Waals surface area contributed by atoms with Crippen LogP contribution in [0.4, 0.5) is 0 Å².